The number of esters is 1. The minimum absolute atomic E-state index is 0.225. The van der Waals surface area contributed by atoms with Gasteiger partial charge in [-0.15, -0.1) is 0 Å². The first-order valence-corrected chi connectivity index (χ1v) is 2.38. The molecule has 0 aromatic rings. The van der Waals surface area contributed by atoms with E-state index in [1.807, 2.05) is 0 Å². The maximum absolute atomic E-state index is 10.3. The molecule has 0 aliphatic heterocycles. The molecule has 0 bridgehead atoms. The molecule has 0 amide bonds. The predicted molar refractivity (Wildman–Crippen MR) is 31.4 cm³/mol. The summed E-state index contributed by atoms with van der Waals surface area (Å²) in [4.78, 5) is 10.3. The summed E-state index contributed by atoms with van der Waals surface area (Å²) < 4.78 is 4.36. The molecule has 0 aromatic carbocycles. The highest BCUT2D eigenvalue weighted by Crippen LogP contribution is 1.95. The molecule has 0 fully saturated rings. The van der Waals surface area contributed by atoms with Crippen LogP contribution in [0.5, 0.6) is 0 Å². The van der Waals surface area contributed by atoms with Crippen molar-refractivity contribution in [2.45, 2.75) is 13.3 Å². The standard InChI is InChI=1S/C6H10O2/c1-5(2)4-6(7)8-3/h1,4H2,2-3H3. The van der Waals surface area contributed by atoms with E-state index >= 15 is 0 Å². The Bertz CT molecular complexity index is 105. The first kappa shape index (κ1) is 7.21. The first-order valence-electron chi connectivity index (χ1n) is 2.38. The third-order valence-corrected chi connectivity index (χ3v) is 0.674. The van der Waals surface area contributed by atoms with Crippen molar-refractivity contribution in [2.24, 2.45) is 0 Å². The van der Waals surface area contributed by atoms with Crippen molar-refractivity contribution in [1.29, 1.82) is 0 Å². The predicted octanol–water partition coefficient (Wildman–Crippen LogP) is 1.13. The van der Waals surface area contributed by atoms with Crippen LogP contribution in [0, 0.1) is 0 Å². The summed E-state index contributed by atoms with van der Waals surface area (Å²) in [6.45, 7) is 5.33. The molecule has 0 N–H and O–H groups in total. The molecule has 46 valence electrons. The van der Waals surface area contributed by atoms with Gasteiger partial charge in [0, 0.05) is 0 Å². The smallest absolute Gasteiger partial charge is 0.309 e. The van der Waals surface area contributed by atoms with Crippen LogP contribution < -0.4 is 0 Å². The molecule has 0 heterocycles. The lowest BCUT2D eigenvalue weighted by atomic mass is 10.2. The minimum Gasteiger partial charge on any atom is -0.469 e. The Balaban J connectivity index is 3.40. The number of methoxy groups -OCH3 is 1. The number of hydrogen-bond acceptors (Lipinski definition) is 2. The fraction of sp³-hybridized carbons (Fsp3) is 0.500. The largest absolute Gasteiger partial charge is 0.469 e. The second-order valence-electron chi connectivity index (χ2n) is 1.71. The molecule has 8 heavy (non-hydrogen) atoms. The monoisotopic (exact) mass is 114 g/mol. The van der Waals surface area contributed by atoms with E-state index in [9.17, 15) is 4.79 Å². The molecule has 0 saturated heterocycles. The Morgan fingerprint density at radius 3 is 2.38 bits per heavy atom. The summed E-state index contributed by atoms with van der Waals surface area (Å²) in [7, 11) is 1.37. The van der Waals surface area contributed by atoms with Crippen LogP contribution in [0.4, 0.5) is 0 Å². The van der Waals surface area contributed by atoms with Crippen molar-refractivity contribution in [3.63, 3.8) is 0 Å². The van der Waals surface area contributed by atoms with Crippen molar-refractivity contribution >= 4 is 5.97 Å². The number of carbonyl (C=O) groups excluding carboxylic acids is 1. The summed E-state index contributed by atoms with van der Waals surface area (Å²) in [6.07, 6.45) is 0.330. The summed E-state index contributed by atoms with van der Waals surface area (Å²) in [5.41, 5.74) is 0.830. The Hall–Kier alpha value is -0.790. The van der Waals surface area contributed by atoms with Crippen LogP contribution in [0.3, 0.4) is 0 Å². The van der Waals surface area contributed by atoms with Crippen LogP contribution in [-0.4, -0.2) is 13.1 Å². The normalized spacial score (nSPS) is 8.25. The lowest BCUT2D eigenvalue weighted by Gasteiger charge is -1.94. The van der Waals surface area contributed by atoms with Gasteiger partial charge in [-0.3, -0.25) is 4.79 Å². The Kier molecular flexibility index (Phi) is 2.92. The van der Waals surface area contributed by atoms with Crippen LogP contribution >= 0.6 is 0 Å². The van der Waals surface area contributed by atoms with Gasteiger partial charge in [0.2, 0.25) is 0 Å². The SMILES string of the molecule is C=C(C)CC(=O)OC. The maximum Gasteiger partial charge on any atom is 0.309 e. The number of carbonyl (C=O) groups is 1. The average molecular weight is 114 g/mol. The topological polar surface area (TPSA) is 26.3 Å². The number of rotatable bonds is 2. The molecule has 0 radical (unpaired) electrons. The Labute approximate surface area is 49.1 Å². The highest BCUT2D eigenvalue weighted by atomic mass is 16.5. The molecule has 0 aliphatic rings. The van der Waals surface area contributed by atoms with E-state index < -0.39 is 0 Å². The van der Waals surface area contributed by atoms with E-state index in [4.69, 9.17) is 0 Å². The van der Waals surface area contributed by atoms with Crippen LogP contribution in [0.15, 0.2) is 12.2 Å². The van der Waals surface area contributed by atoms with Crippen LogP contribution in [0.1, 0.15) is 13.3 Å². The minimum atomic E-state index is -0.225. The summed E-state index contributed by atoms with van der Waals surface area (Å²) in [5, 5.41) is 0. The summed E-state index contributed by atoms with van der Waals surface area (Å²) in [5.74, 6) is -0.225. The molecule has 0 spiro atoms. The fourth-order valence-electron chi connectivity index (χ4n) is 0.319. The molecule has 0 atom stereocenters. The van der Waals surface area contributed by atoms with E-state index in [2.05, 4.69) is 11.3 Å². The van der Waals surface area contributed by atoms with Gasteiger partial charge in [-0.2, -0.15) is 0 Å². The lowest BCUT2D eigenvalue weighted by molar-refractivity contribution is -0.139. The van der Waals surface area contributed by atoms with Gasteiger partial charge in [-0.1, -0.05) is 12.2 Å². The van der Waals surface area contributed by atoms with Crippen molar-refractivity contribution < 1.29 is 9.53 Å². The number of hydrogen-bond donors (Lipinski definition) is 0. The fourth-order valence-corrected chi connectivity index (χ4v) is 0.319. The van der Waals surface area contributed by atoms with Gasteiger partial charge < -0.3 is 4.74 Å². The second-order valence-corrected chi connectivity index (χ2v) is 1.71. The third kappa shape index (κ3) is 3.40. The van der Waals surface area contributed by atoms with E-state index in [0.29, 0.717) is 6.42 Å². The van der Waals surface area contributed by atoms with Gasteiger partial charge in [0.1, 0.15) is 0 Å². The van der Waals surface area contributed by atoms with Crippen molar-refractivity contribution in [1.82, 2.24) is 0 Å². The van der Waals surface area contributed by atoms with Gasteiger partial charge in [-0.05, 0) is 6.92 Å². The molecule has 0 unspecified atom stereocenters. The molecule has 2 heteroatoms. The van der Waals surface area contributed by atoms with Gasteiger partial charge in [0.15, 0.2) is 0 Å². The van der Waals surface area contributed by atoms with E-state index in [-0.39, 0.29) is 5.97 Å². The highest BCUT2D eigenvalue weighted by Gasteiger charge is 1.96. The zero-order valence-electron chi connectivity index (χ0n) is 5.23. The Morgan fingerprint density at radius 2 is 2.25 bits per heavy atom. The van der Waals surface area contributed by atoms with Crippen LogP contribution in [0.25, 0.3) is 0 Å². The molecule has 0 aliphatic carbocycles. The van der Waals surface area contributed by atoms with Crippen LogP contribution in [0.2, 0.25) is 0 Å². The lowest BCUT2D eigenvalue weighted by Crippen LogP contribution is -1.98. The zero-order valence-corrected chi connectivity index (χ0v) is 5.23. The first-order chi connectivity index (χ1) is 3.66. The molecule has 0 aromatic heterocycles. The molecule has 0 rings (SSSR count). The van der Waals surface area contributed by atoms with Gasteiger partial charge >= 0.3 is 5.97 Å². The van der Waals surface area contributed by atoms with E-state index in [0.717, 1.165) is 5.57 Å². The quantitative estimate of drug-likeness (QED) is 0.397. The van der Waals surface area contributed by atoms with E-state index in [1.54, 1.807) is 6.92 Å². The summed E-state index contributed by atoms with van der Waals surface area (Å²) >= 11 is 0. The van der Waals surface area contributed by atoms with Crippen molar-refractivity contribution in [2.75, 3.05) is 7.11 Å². The van der Waals surface area contributed by atoms with Gasteiger partial charge in [0.05, 0.1) is 13.5 Å². The highest BCUT2D eigenvalue weighted by molar-refractivity contribution is 5.71. The molecular weight excluding hydrogens is 104 g/mol. The third-order valence-electron chi connectivity index (χ3n) is 0.674. The van der Waals surface area contributed by atoms with Gasteiger partial charge in [-0.25, -0.2) is 0 Å². The summed E-state index contributed by atoms with van der Waals surface area (Å²) in [6, 6.07) is 0. The molecule has 2 nitrogen and oxygen atoms in total. The zero-order chi connectivity index (χ0) is 6.57. The molecule has 0 saturated carbocycles. The van der Waals surface area contributed by atoms with Crippen molar-refractivity contribution in [3.05, 3.63) is 12.2 Å². The Morgan fingerprint density at radius 1 is 1.75 bits per heavy atom. The maximum atomic E-state index is 10.3. The second kappa shape index (κ2) is 3.24. The average Bonchev–Trinajstić information content (AvgIpc) is 1.65. The number of ether oxygens (including phenoxy) is 1. The van der Waals surface area contributed by atoms with Crippen LogP contribution in [-0.2, 0) is 9.53 Å². The van der Waals surface area contributed by atoms with Gasteiger partial charge in [0.25, 0.3) is 0 Å². The van der Waals surface area contributed by atoms with Crippen molar-refractivity contribution in [3.8, 4) is 0 Å². The van der Waals surface area contributed by atoms with E-state index in [1.165, 1.54) is 7.11 Å². The molecular formula is C6H10O2.